The highest BCUT2D eigenvalue weighted by Crippen LogP contribution is 2.34. The lowest BCUT2D eigenvalue weighted by Gasteiger charge is -2.30. The van der Waals surface area contributed by atoms with Gasteiger partial charge in [-0.05, 0) is 79.5 Å². The number of aromatic nitrogens is 1. The Morgan fingerprint density at radius 3 is 2.72 bits per heavy atom. The molecule has 4 heteroatoms. The van der Waals surface area contributed by atoms with Crippen molar-refractivity contribution in [1.29, 1.82) is 0 Å². The average molecular weight is 332 g/mol. The molecule has 0 spiro atoms. The number of piperidine rings is 1. The minimum absolute atomic E-state index is 0.634. The molecule has 1 aliphatic heterocycles. The van der Waals surface area contributed by atoms with Gasteiger partial charge in [-0.1, -0.05) is 24.3 Å². The highest BCUT2D eigenvalue weighted by atomic mass is 15.1. The van der Waals surface area contributed by atoms with E-state index in [2.05, 4.69) is 58.6 Å². The van der Waals surface area contributed by atoms with Crippen LogP contribution in [0.4, 0.5) is 17.2 Å². The molecule has 4 rings (SSSR count). The van der Waals surface area contributed by atoms with Crippen LogP contribution in [0, 0.1) is 0 Å². The van der Waals surface area contributed by atoms with E-state index < -0.39 is 0 Å². The molecular formula is C21H24N4. The van der Waals surface area contributed by atoms with Crippen LogP contribution in [0.2, 0.25) is 0 Å². The van der Waals surface area contributed by atoms with Crippen molar-refractivity contribution in [2.24, 2.45) is 0 Å². The summed E-state index contributed by atoms with van der Waals surface area (Å²) in [6, 6.07) is 16.9. The summed E-state index contributed by atoms with van der Waals surface area (Å²) in [7, 11) is 2.21. The largest absolute Gasteiger partial charge is 0.396 e. The van der Waals surface area contributed by atoms with Crippen LogP contribution in [0.3, 0.4) is 0 Å². The maximum Gasteiger partial charge on any atom is 0.153 e. The highest BCUT2D eigenvalue weighted by Gasteiger charge is 2.20. The number of nitrogen functional groups attached to an aromatic ring is 1. The molecule has 4 nitrogen and oxygen atoms in total. The Hall–Kier alpha value is -2.59. The molecule has 0 radical (unpaired) electrons. The number of fused-ring (bicyclic) bond motifs is 1. The van der Waals surface area contributed by atoms with Gasteiger partial charge in [-0.2, -0.15) is 0 Å². The van der Waals surface area contributed by atoms with E-state index in [1.807, 2.05) is 12.1 Å². The predicted molar refractivity (Wildman–Crippen MR) is 105 cm³/mol. The van der Waals surface area contributed by atoms with Gasteiger partial charge in [-0.3, -0.25) is 0 Å². The van der Waals surface area contributed by atoms with Crippen molar-refractivity contribution in [3.8, 4) is 0 Å². The molecule has 0 aliphatic carbocycles. The number of hydrogen-bond donors (Lipinski definition) is 2. The number of nitrogens with two attached hydrogens (primary N) is 1. The third-order valence-electron chi connectivity index (χ3n) is 5.18. The zero-order valence-corrected chi connectivity index (χ0v) is 14.6. The first-order valence-electron chi connectivity index (χ1n) is 8.89. The molecular weight excluding hydrogens is 308 g/mol. The first-order valence-corrected chi connectivity index (χ1v) is 8.89. The van der Waals surface area contributed by atoms with Gasteiger partial charge >= 0.3 is 0 Å². The minimum Gasteiger partial charge on any atom is -0.396 e. The second-order valence-corrected chi connectivity index (χ2v) is 6.93. The standard InChI is InChI=1S/C21H24N4/c1-25-12-9-16(10-13-25)18-5-2-4-15-7-8-17(14-19(15)18)24-21-20(22)6-3-11-23-21/h2-8,11,14,16H,9-10,12-13,22H2,1H3,(H,23,24). The molecule has 1 saturated heterocycles. The number of rotatable bonds is 3. The van der Waals surface area contributed by atoms with Crippen LogP contribution in [-0.4, -0.2) is 30.0 Å². The molecule has 128 valence electrons. The van der Waals surface area contributed by atoms with Gasteiger partial charge in [0.05, 0.1) is 5.69 Å². The van der Waals surface area contributed by atoms with E-state index in [9.17, 15) is 0 Å². The van der Waals surface area contributed by atoms with Gasteiger partial charge in [0.15, 0.2) is 5.82 Å². The molecule has 1 aliphatic rings. The number of likely N-dealkylation sites (tertiary alicyclic amines) is 1. The molecule has 0 saturated carbocycles. The monoisotopic (exact) mass is 332 g/mol. The van der Waals surface area contributed by atoms with E-state index in [1.165, 1.54) is 42.3 Å². The van der Waals surface area contributed by atoms with Crippen LogP contribution in [0.5, 0.6) is 0 Å². The highest BCUT2D eigenvalue weighted by molar-refractivity contribution is 5.90. The fourth-order valence-corrected chi connectivity index (χ4v) is 3.71. The third kappa shape index (κ3) is 3.30. The Morgan fingerprint density at radius 1 is 1.08 bits per heavy atom. The SMILES string of the molecule is CN1CCC(c2cccc3ccc(Nc4ncccc4N)cc23)CC1. The van der Waals surface area contributed by atoms with E-state index in [0.717, 1.165) is 5.69 Å². The second kappa shape index (κ2) is 6.73. The van der Waals surface area contributed by atoms with Crippen molar-refractivity contribution in [2.75, 3.05) is 31.2 Å². The summed E-state index contributed by atoms with van der Waals surface area (Å²) < 4.78 is 0. The molecule has 2 heterocycles. The fourth-order valence-electron chi connectivity index (χ4n) is 3.71. The number of hydrogen-bond acceptors (Lipinski definition) is 4. The van der Waals surface area contributed by atoms with Crippen LogP contribution in [0.1, 0.15) is 24.3 Å². The molecule has 0 atom stereocenters. The molecule has 1 fully saturated rings. The Bertz CT molecular complexity index is 882. The van der Waals surface area contributed by atoms with Crippen molar-refractivity contribution >= 4 is 28.0 Å². The van der Waals surface area contributed by atoms with Crippen molar-refractivity contribution in [3.05, 3.63) is 60.3 Å². The average Bonchev–Trinajstić information content (AvgIpc) is 2.64. The zero-order valence-electron chi connectivity index (χ0n) is 14.6. The van der Waals surface area contributed by atoms with Crippen LogP contribution in [0.25, 0.3) is 10.8 Å². The van der Waals surface area contributed by atoms with Gasteiger partial charge in [-0.25, -0.2) is 4.98 Å². The lowest BCUT2D eigenvalue weighted by molar-refractivity contribution is 0.256. The first-order chi connectivity index (χ1) is 12.2. The maximum absolute atomic E-state index is 6.01. The third-order valence-corrected chi connectivity index (χ3v) is 5.18. The lowest BCUT2D eigenvalue weighted by Crippen LogP contribution is -2.29. The Labute approximate surface area is 148 Å². The van der Waals surface area contributed by atoms with Crippen molar-refractivity contribution in [3.63, 3.8) is 0 Å². The zero-order chi connectivity index (χ0) is 17.2. The molecule has 0 bridgehead atoms. The Balaban J connectivity index is 1.69. The summed E-state index contributed by atoms with van der Waals surface area (Å²) in [5.74, 6) is 1.34. The van der Waals surface area contributed by atoms with E-state index >= 15 is 0 Å². The number of pyridine rings is 1. The minimum atomic E-state index is 0.634. The Morgan fingerprint density at radius 2 is 1.92 bits per heavy atom. The molecule has 3 aromatic rings. The summed E-state index contributed by atoms with van der Waals surface area (Å²) in [6.45, 7) is 2.34. The summed E-state index contributed by atoms with van der Waals surface area (Å²) in [4.78, 5) is 6.75. The second-order valence-electron chi connectivity index (χ2n) is 6.93. The molecule has 0 amide bonds. The quantitative estimate of drug-likeness (QED) is 0.748. The maximum atomic E-state index is 6.01. The van der Waals surface area contributed by atoms with Crippen molar-refractivity contribution in [1.82, 2.24) is 9.88 Å². The molecule has 25 heavy (non-hydrogen) atoms. The van der Waals surface area contributed by atoms with Gasteiger partial charge in [0.1, 0.15) is 0 Å². The molecule has 3 N–H and O–H groups in total. The van der Waals surface area contributed by atoms with E-state index in [0.29, 0.717) is 17.4 Å². The number of nitrogens with one attached hydrogen (secondary N) is 1. The van der Waals surface area contributed by atoms with Gasteiger partial charge in [0, 0.05) is 11.9 Å². The topological polar surface area (TPSA) is 54.2 Å². The summed E-state index contributed by atoms with van der Waals surface area (Å²) >= 11 is 0. The lowest BCUT2D eigenvalue weighted by atomic mass is 9.86. The number of nitrogens with zero attached hydrogens (tertiary/aromatic N) is 2. The molecule has 2 aromatic carbocycles. The van der Waals surface area contributed by atoms with Crippen LogP contribution >= 0.6 is 0 Å². The molecule has 1 aromatic heterocycles. The van der Waals surface area contributed by atoms with Gasteiger partial charge in [-0.15, -0.1) is 0 Å². The number of benzene rings is 2. The predicted octanol–water partition coefficient (Wildman–Crippen LogP) is 4.37. The van der Waals surface area contributed by atoms with Gasteiger partial charge in [0.25, 0.3) is 0 Å². The fraction of sp³-hybridized carbons (Fsp3) is 0.286. The van der Waals surface area contributed by atoms with E-state index in [-0.39, 0.29) is 0 Å². The van der Waals surface area contributed by atoms with Gasteiger partial charge in [0.2, 0.25) is 0 Å². The molecule has 0 unspecified atom stereocenters. The van der Waals surface area contributed by atoms with E-state index in [1.54, 1.807) is 6.20 Å². The smallest absolute Gasteiger partial charge is 0.153 e. The van der Waals surface area contributed by atoms with Crippen LogP contribution in [0.15, 0.2) is 54.7 Å². The summed E-state index contributed by atoms with van der Waals surface area (Å²) in [5, 5.41) is 5.98. The van der Waals surface area contributed by atoms with Gasteiger partial charge < -0.3 is 16.0 Å². The summed E-state index contributed by atoms with van der Waals surface area (Å²) in [5.41, 5.74) is 9.16. The van der Waals surface area contributed by atoms with Crippen LogP contribution in [-0.2, 0) is 0 Å². The summed E-state index contributed by atoms with van der Waals surface area (Å²) in [6.07, 6.45) is 4.20. The van der Waals surface area contributed by atoms with E-state index in [4.69, 9.17) is 5.73 Å². The first kappa shape index (κ1) is 15.9. The van der Waals surface area contributed by atoms with Crippen molar-refractivity contribution in [2.45, 2.75) is 18.8 Å². The Kier molecular flexibility index (Phi) is 4.28. The number of anilines is 3. The van der Waals surface area contributed by atoms with Crippen LogP contribution < -0.4 is 11.1 Å². The van der Waals surface area contributed by atoms with Crippen molar-refractivity contribution < 1.29 is 0 Å². The normalized spacial score (nSPS) is 16.2.